The Hall–Kier alpha value is -2.18. The first kappa shape index (κ1) is 18.6. The number of carbonyl (C=O) groups excluding carboxylic acids is 1. The number of carbonyl (C=O) groups is 1. The maximum Gasteiger partial charge on any atom is 0.241 e. The molecule has 1 amide bonds. The molecule has 0 unspecified atom stereocenters. The molecule has 1 aliphatic heterocycles. The number of anilines is 1. The van der Waals surface area contributed by atoms with Gasteiger partial charge >= 0.3 is 0 Å². The number of nitrogens with zero attached hydrogens (tertiary/aromatic N) is 3. The molecule has 26 heavy (non-hydrogen) atoms. The third-order valence-electron chi connectivity index (χ3n) is 4.45. The zero-order valence-corrected chi connectivity index (χ0v) is 16.2. The highest BCUT2D eigenvalue weighted by atomic mass is 79.9. The van der Waals surface area contributed by atoms with E-state index < -0.39 is 0 Å². The van der Waals surface area contributed by atoms with Crippen LogP contribution >= 0.6 is 15.9 Å². The van der Waals surface area contributed by atoms with Gasteiger partial charge in [-0.05, 0) is 18.2 Å². The quantitative estimate of drug-likeness (QED) is 0.583. The molecule has 3 rings (SSSR count). The van der Waals surface area contributed by atoms with Crippen LogP contribution < -0.4 is 10.3 Å². The average molecular weight is 415 g/mol. The number of rotatable bonds is 6. The second-order valence-electron chi connectivity index (χ2n) is 6.23. The summed E-state index contributed by atoms with van der Waals surface area (Å²) in [6.07, 6.45) is 2.11. The first-order valence-corrected chi connectivity index (χ1v) is 9.60. The van der Waals surface area contributed by atoms with E-state index >= 15 is 0 Å². The van der Waals surface area contributed by atoms with Crippen LogP contribution in [-0.4, -0.2) is 49.7 Å². The summed E-state index contributed by atoms with van der Waals surface area (Å²) in [5, 5.41) is 4.04. The topological polar surface area (TPSA) is 47.9 Å². The molecule has 1 fully saturated rings. The van der Waals surface area contributed by atoms with Gasteiger partial charge in [-0.1, -0.05) is 52.3 Å². The van der Waals surface area contributed by atoms with Crippen LogP contribution in [0, 0.1) is 0 Å². The fourth-order valence-electron chi connectivity index (χ4n) is 2.94. The lowest BCUT2D eigenvalue weighted by Gasteiger charge is -2.36. The number of nitrogens with one attached hydrogen (secondary N) is 1. The van der Waals surface area contributed by atoms with E-state index in [4.69, 9.17) is 0 Å². The largest absolute Gasteiger partial charge is 0.369 e. The average Bonchev–Trinajstić information content (AvgIpc) is 2.69. The third-order valence-corrected chi connectivity index (χ3v) is 5.17. The van der Waals surface area contributed by atoms with Crippen LogP contribution in [-0.2, 0) is 4.79 Å². The van der Waals surface area contributed by atoms with Crippen molar-refractivity contribution in [3.8, 4) is 0 Å². The number of hydrogen-bond acceptors (Lipinski definition) is 4. The zero-order chi connectivity index (χ0) is 18.2. The van der Waals surface area contributed by atoms with E-state index in [-0.39, 0.29) is 5.91 Å². The second-order valence-corrected chi connectivity index (χ2v) is 7.08. The Labute approximate surface area is 162 Å². The molecule has 5 nitrogen and oxygen atoms in total. The molecule has 0 aromatic heterocycles. The maximum absolute atomic E-state index is 12.0. The van der Waals surface area contributed by atoms with Crippen molar-refractivity contribution in [2.45, 2.75) is 6.42 Å². The van der Waals surface area contributed by atoms with Gasteiger partial charge in [0, 0.05) is 54.9 Å². The molecule has 2 aromatic rings. The molecule has 2 aromatic carbocycles. The van der Waals surface area contributed by atoms with E-state index in [2.05, 4.69) is 60.5 Å². The normalized spacial score (nSPS) is 15.3. The van der Waals surface area contributed by atoms with Gasteiger partial charge in [-0.15, -0.1) is 0 Å². The fourth-order valence-corrected chi connectivity index (χ4v) is 3.32. The molecule has 1 heterocycles. The summed E-state index contributed by atoms with van der Waals surface area (Å²) in [4.78, 5) is 16.7. The zero-order valence-electron chi connectivity index (χ0n) is 14.6. The predicted octanol–water partition coefficient (Wildman–Crippen LogP) is 3.11. The number of piperazine rings is 1. The minimum absolute atomic E-state index is 0.0567. The Morgan fingerprint density at radius 1 is 1.04 bits per heavy atom. The van der Waals surface area contributed by atoms with E-state index in [1.165, 1.54) is 5.69 Å². The highest BCUT2D eigenvalue weighted by Gasteiger charge is 2.17. The molecule has 0 saturated carbocycles. The Kier molecular flexibility index (Phi) is 6.80. The molecule has 1 saturated heterocycles. The third kappa shape index (κ3) is 5.41. The molecule has 0 spiro atoms. The van der Waals surface area contributed by atoms with E-state index in [0.29, 0.717) is 6.42 Å². The van der Waals surface area contributed by atoms with E-state index in [1.54, 1.807) is 6.21 Å². The minimum atomic E-state index is -0.0567. The molecule has 136 valence electrons. The second kappa shape index (κ2) is 9.50. The molecule has 6 heteroatoms. The van der Waals surface area contributed by atoms with Crippen LogP contribution in [0.4, 0.5) is 5.69 Å². The smallest absolute Gasteiger partial charge is 0.241 e. The van der Waals surface area contributed by atoms with Crippen molar-refractivity contribution in [2.24, 2.45) is 5.10 Å². The monoisotopic (exact) mass is 414 g/mol. The molecule has 0 bridgehead atoms. The number of para-hydroxylation sites is 1. The van der Waals surface area contributed by atoms with E-state index in [1.807, 2.05) is 30.3 Å². The van der Waals surface area contributed by atoms with Gasteiger partial charge in [0.05, 0.1) is 6.21 Å². The lowest BCUT2D eigenvalue weighted by molar-refractivity contribution is -0.121. The molecule has 0 radical (unpaired) electrons. The van der Waals surface area contributed by atoms with Crippen LogP contribution in [0.5, 0.6) is 0 Å². The standard InChI is InChI=1S/C20H23BrN4O/c21-19-9-5-4-6-17(19)16-22-23-20(26)10-11-24-12-14-25(15-13-24)18-7-2-1-3-8-18/h1-9,16H,10-15H2,(H,23,26). The van der Waals surface area contributed by atoms with Crippen molar-refractivity contribution in [3.05, 3.63) is 64.6 Å². The van der Waals surface area contributed by atoms with Gasteiger partial charge in [0.15, 0.2) is 0 Å². The van der Waals surface area contributed by atoms with Crippen molar-refractivity contribution in [1.82, 2.24) is 10.3 Å². The summed E-state index contributed by atoms with van der Waals surface area (Å²) < 4.78 is 0.953. The Morgan fingerprint density at radius 2 is 1.73 bits per heavy atom. The molecular formula is C20H23BrN4O. The highest BCUT2D eigenvalue weighted by Crippen LogP contribution is 2.15. The van der Waals surface area contributed by atoms with Crippen LogP contribution in [0.1, 0.15) is 12.0 Å². The molecule has 1 aliphatic rings. The van der Waals surface area contributed by atoms with E-state index in [0.717, 1.165) is 42.8 Å². The van der Waals surface area contributed by atoms with Crippen molar-refractivity contribution < 1.29 is 4.79 Å². The van der Waals surface area contributed by atoms with Crippen LogP contribution in [0.3, 0.4) is 0 Å². The summed E-state index contributed by atoms with van der Waals surface area (Å²) >= 11 is 3.45. The highest BCUT2D eigenvalue weighted by molar-refractivity contribution is 9.10. The summed E-state index contributed by atoms with van der Waals surface area (Å²) in [6, 6.07) is 18.2. The van der Waals surface area contributed by atoms with Gasteiger partial charge in [-0.3, -0.25) is 9.69 Å². The number of hydrogen-bond donors (Lipinski definition) is 1. The summed E-state index contributed by atoms with van der Waals surface area (Å²) in [7, 11) is 0. The molecule has 0 atom stereocenters. The number of amides is 1. The number of benzene rings is 2. The summed E-state index contributed by atoms with van der Waals surface area (Å²) in [5.41, 5.74) is 4.81. The summed E-state index contributed by atoms with van der Waals surface area (Å²) in [5.74, 6) is -0.0567. The number of halogens is 1. The van der Waals surface area contributed by atoms with Crippen LogP contribution in [0.2, 0.25) is 0 Å². The van der Waals surface area contributed by atoms with Crippen molar-refractivity contribution in [1.29, 1.82) is 0 Å². The maximum atomic E-state index is 12.0. The summed E-state index contributed by atoms with van der Waals surface area (Å²) in [6.45, 7) is 4.70. The Morgan fingerprint density at radius 3 is 2.46 bits per heavy atom. The van der Waals surface area contributed by atoms with Gasteiger partial charge in [0.25, 0.3) is 0 Å². The lowest BCUT2D eigenvalue weighted by atomic mass is 10.2. The van der Waals surface area contributed by atoms with Gasteiger partial charge in [-0.25, -0.2) is 5.43 Å². The van der Waals surface area contributed by atoms with E-state index in [9.17, 15) is 4.79 Å². The molecule has 1 N–H and O–H groups in total. The molecular weight excluding hydrogens is 392 g/mol. The number of hydrazone groups is 1. The lowest BCUT2D eigenvalue weighted by Crippen LogP contribution is -2.47. The van der Waals surface area contributed by atoms with Crippen LogP contribution in [0.15, 0.2) is 64.2 Å². The fraction of sp³-hybridized carbons (Fsp3) is 0.300. The Bertz CT molecular complexity index is 742. The predicted molar refractivity (Wildman–Crippen MR) is 110 cm³/mol. The van der Waals surface area contributed by atoms with Gasteiger partial charge in [-0.2, -0.15) is 5.10 Å². The first-order chi connectivity index (χ1) is 12.7. The van der Waals surface area contributed by atoms with Crippen molar-refractivity contribution in [2.75, 3.05) is 37.6 Å². The SMILES string of the molecule is O=C(CCN1CCN(c2ccccc2)CC1)NN=Cc1ccccc1Br. The van der Waals surface area contributed by atoms with Crippen LogP contribution in [0.25, 0.3) is 0 Å². The Balaban J connectivity index is 1.37. The molecule has 0 aliphatic carbocycles. The van der Waals surface area contributed by atoms with Gasteiger partial charge in [0.1, 0.15) is 0 Å². The minimum Gasteiger partial charge on any atom is -0.369 e. The van der Waals surface area contributed by atoms with Crippen molar-refractivity contribution >= 4 is 33.7 Å². The van der Waals surface area contributed by atoms with Gasteiger partial charge < -0.3 is 4.90 Å². The van der Waals surface area contributed by atoms with Crippen molar-refractivity contribution in [3.63, 3.8) is 0 Å². The van der Waals surface area contributed by atoms with Gasteiger partial charge in [0.2, 0.25) is 5.91 Å². The first-order valence-electron chi connectivity index (χ1n) is 8.81.